The van der Waals surface area contributed by atoms with Gasteiger partial charge < -0.3 is 0 Å². The Balaban J connectivity index is 2.09. The molecule has 20 heavy (non-hydrogen) atoms. The summed E-state index contributed by atoms with van der Waals surface area (Å²) in [6.07, 6.45) is 7.02. The second kappa shape index (κ2) is 9.46. The van der Waals surface area contributed by atoms with E-state index in [1.54, 1.807) is 24.3 Å². The van der Waals surface area contributed by atoms with Gasteiger partial charge in [-0.3, -0.25) is 0 Å². The monoisotopic (exact) mass is 299 g/mol. The van der Waals surface area contributed by atoms with Crippen molar-refractivity contribution in [3.05, 3.63) is 30.3 Å². The Morgan fingerprint density at radius 2 is 1.55 bits per heavy atom. The van der Waals surface area contributed by atoms with E-state index in [0.717, 1.165) is 18.8 Å². The van der Waals surface area contributed by atoms with E-state index in [4.69, 9.17) is 4.52 Å². The van der Waals surface area contributed by atoms with E-state index >= 15 is 0 Å². The highest BCUT2D eigenvalue weighted by atomic mass is 31.2. The molecule has 0 radical (unpaired) electrons. The van der Waals surface area contributed by atoms with Crippen LogP contribution in [0.5, 0.6) is 0 Å². The smallest absolute Gasteiger partial charge is 0.188 e. The molecule has 0 aliphatic rings. The lowest BCUT2D eigenvalue weighted by atomic mass is 10.0. The van der Waals surface area contributed by atoms with Crippen LogP contribution in [0, 0.1) is 5.92 Å². The number of rotatable bonds is 10. The molecule has 0 atom stereocenters. The minimum atomic E-state index is -3.37. The van der Waals surface area contributed by atoms with Crippen molar-refractivity contribution < 1.29 is 14.3 Å². The highest BCUT2D eigenvalue weighted by Gasteiger charge is 2.38. The fraction of sp³-hybridized carbons (Fsp3) is 0.625. The van der Waals surface area contributed by atoms with Crippen molar-refractivity contribution in [2.45, 2.75) is 52.4 Å². The van der Waals surface area contributed by atoms with Gasteiger partial charge in [0.05, 0.1) is 6.61 Å². The summed E-state index contributed by atoms with van der Waals surface area (Å²) >= 11 is 0. The van der Waals surface area contributed by atoms with Gasteiger partial charge >= 0.3 is 7.94 Å². The molecular formula is C16H28O3P+. The summed E-state index contributed by atoms with van der Waals surface area (Å²) in [6.45, 7) is 4.92. The molecule has 0 saturated heterocycles. The van der Waals surface area contributed by atoms with Gasteiger partial charge in [-0.15, -0.1) is 0 Å². The number of hydrogen-bond acceptors (Lipinski definition) is 3. The van der Waals surface area contributed by atoms with Gasteiger partial charge in [-0.2, -0.15) is 14.3 Å². The molecule has 2 N–H and O–H groups in total. The number of hydrogen-bond donors (Lipinski definition) is 2. The Kier molecular flexibility index (Phi) is 8.32. The molecule has 0 aromatic heterocycles. The standard InChI is InChI=1S/C16H28O3P/c1-15(2)11-7-4-3-5-10-14-19-20(17,18)16-12-8-6-9-13-16/h6,8-9,12-13,15,17-18H,3-5,7,10-11,14H2,1-2H3/q+1. The first kappa shape index (κ1) is 17.6. The van der Waals surface area contributed by atoms with Crippen LogP contribution in [0.25, 0.3) is 0 Å². The SMILES string of the molecule is CC(C)CCCCCCCO[P+](O)(O)c1ccccc1. The molecule has 0 spiro atoms. The highest BCUT2D eigenvalue weighted by Crippen LogP contribution is 2.49. The van der Waals surface area contributed by atoms with Crippen LogP contribution in [-0.4, -0.2) is 16.4 Å². The zero-order chi connectivity index (χ0) is 14.8. The maximum Gasteiger partial charge on any atom is 0.443 e. The number of unbranched alkanes of at least 4 members (excludes halogenated alkanes) is 4. The van der Waals surface area contributed by atoms with Crippen molar-refractivity contribution in [1.29, 1.82) is 0 Å². The van der Waals surface area contributed by atoms with Gasteiger partial charge in [0.15, 0.2) is 5.30 Å². The van der Waals surface area contributed by atoms with E-state index in [1.165, 1.54) is 25.7 Å². The molecule has 114 valence electrons. The van der Waals surface area contributed by atoms with Crippen molar-refractivity contribution in [1.82, 2.24) is 0 Å². The summed E-state index contributed by atoms with van der Waals surface area (Å²) < 4.78 is 5.28. The second-order valence-corrected chi connectivity index (χ2v) is 7.53. The summed E-state index contributed by atoms with van der Waals surface area (Å²) in [5.74, 6) is 0.790. The first-order valence-electron chi connectivity index (χ1n) is 7.57. The third kappa shape index (κ3) is 7.35. The molecule has 0 saturated carbocycles. The van der Waals surface area contributed by atoms with E-state index in [0.29, 0.717) is 11.9 Å². The zero-order valence-electron chi connectivity index (χ0n) is 12.7. The van der Waals surface area contributed by atoms with Crippen molar-refractivity contribution in [2.24, 2.45) is 5.92 Å². The Hall–Kier alpha value is -0.470. The van der Waals surface area contributed by atoms with Crippen LogP contribution in [0.2, 0.25) is 0 Å². The fourth-order valence-electron chi connectivity index (χ4n) is 2.07. The van der Waals surface area contributed by atoms with Gasteiger partial charge in [0, 0.05) is 0 Å². The molecule has 1 aromatic carbocycles. The average Bonchev–Trinajstić information content (AvgIpc) is 2.42. The maximum absolute atomic E-state index is 9.93. The van der Waals surface area contributed by atoms with Gasteiger partial charge in [-0.1, -0.05) is 64.2 Å². The second-order valence-electron chi connectivity index (χ2n) is 5.66. The van der Waals surface area contributed by atoms with Crippen LogP contribution in [0.4, 0.5) is 0 Å². The number of benzene rings is 1. The summed E-state index contributed by atoms with van der Waals surface area (Å²) in [7, 11) is -3.37. The normalized spacial score (nSPS) is 12.1. The van der Waals surface area contributed by atoms with Gasteiger partial charge in [0.2, 0.25) is 0 Å². The van der Waals surface area contributed by atoms with Crippen LogP contribution in [0.3, 0.4) is 0 Å². The molecule has 0 amide bonds. The van der Waals surface area contributed by atoms with E-state index in [-0.39, 0.29) is 0 Å². The third-order valence-electron chi connectivity index (χ3n) is 3.29. The van der Waals surface area contributed by atoms with Gasteiger partial charge in [0.25, 0.3) is 0 Å². The van der Waals surface area contributed by atoms with Crippen molar-refractivity contribution in [3.8, 4) is 0 Å². The van der Waals surface area contributed by atoms with Crippen LogP contribution in [0.15, 0.2) is 30.3 Å². The molecule has 0 heterocycles. The molecule has 0 bridgehead atoms. The van der Waals surface area contributed by atoms with Crippen molar-refractivity contribution >= 4 is 13.2 Å². The topological polar surface area (TPSA) is 49.7 Å². The summed E-state index contributed by atoms with van der Waals surface area (Å²) in [6, 6.07) is 8.81. The summed E-state index contributed by atoms with van der Waals surface area (Å²) in [5, 5.41) is 0.483. The van der Waals surface area contributed by atoms with Crippen LogP contribution in [0.1, 0.15) is 52.4 Å². The lowest BCUT2D eigenvalue weighted by Crippen LogP contribution is -2.13. The minimum absolute atomic E-state index is 0.417. The average molecular weight is 299 g/mol. The van der Waals surface area contributed by atoms with Crippen LogP contribution >= 0.6 is 7.94 Å². The lowest BCUT2D eigenvalue weighted by molar-refractivity contribution is 0.234. The maximum atomic E-state index is 9.93. The van der Waals surface area contributed by atoms with Crippen molar-refractivity contribution in [2.75, 3.05) is 6.61 Å². The summed E-state index contributed by atoms with van der Waals surface area (Å²) in [4.78, 5) is 19.9. The first-order valence-corrected chi connectivity index (χ1v) is 9.18. The van der Waals surface area contributed by atoms with E-state index in [1.807, 2.05) is 6.07 Å². The van der Waals surface area contributed by atoms with E-state index in [2.05, 4.69) is 13.8 Å². The van der Waals surface area contributed by atoms with E-state index in [9.17, 15) is 9.79 Å². The fourth-order valence-corrected chi connectivity index (χ4v) is 3.17. The lowest BCUT2D eigenvalue weighted by Gasteiger charge is -2.10. The largest absolute Gasteiger partial charge is 0.443 e. The molecule has 1 aromatic rings. The third-order valence-corrected chi connectivity index (χ3v) is 4.80. The van der Waals surface area contributed by atoms with E-state index < -0.39 is 7.94 Å². The van der Waals surface area contributed by atoms with Crippen LogP contribution < -0.4 is 5.30 Å². The van der Waals surface area contributed by atoms with Gasteiger partial charge in [-0.25, -0.2) is 0 Å². The highest BCUT2D eigenvalue weighted by molar-refractivity contribution is 7.67. The predicted molar refractivity (Wildman–Crippen MR) is 85.9 cm³/mol. The molecular weight excluding hydrogens is 271 g/mol. The molecule has 4 heteroatoms. The van der Waals surface area contributed by atoms with Gasteiger partial charge in [0.1, 0.15) is 0 Å². The van der Waals surface area contributed by atoms with Crippen molar-refractivity contribution in [3.63, 3.8) is 0 Å². The van der Waals surface area contributed by atoms with Crippen LogP contribution in [-0.2, 0) is 4.52 Å². The molecule has 3 nitrogen and oxygen atoms in total. The first-order chi connectivity index (χ1) is 9.52. The molecule has 0 fully saturated rings. The quantitative estimate of drug-likeness (QED) is 0.506. The Labute approximate surface area is 123 Å². The molecule has 0 aliphatic carbocycles. The predicted octanol–water partition coefficient (Wildman–Crippen LogP) is 4.07. The molecule has 1 rings (SSSR count). The minimum Gasteiger partial charge on any atom is -0.188 e. The molecule has 0 aliphatic heterocycles. The zero-order valence-corrected chi connectivity index (χ0v) is 13.6. The molecule has 0 unspecified atom stereocenters. The van der Waals surface area contributed by atoms with Gasteiger partial charge in [-0.05, 0) is 24.5 Å². The Bertz CT molecular complexity index is 352. The Morgan fingerprint density at radius 1 is 0.950 bits per heavy atom. The Morgan fingerprint density at radius 3 is 2.20 bits per heavy atom. The summed E-state index contributed by atoms with van der Waals surface area (Å²) in [5.41, 5.74) is 0.